The summed E-state index contributed by atoms with van der Waals surface area (Å²) in [5.41, 5.74) is 4.97. The van der Waals surface area contributed by atoms with Crippen LogP contribution >= 0.6 is 11.6 Å². The van der Waals surface area contributed by atoms with Crippen molar-refractivity contribution in [3.05, 3.63) is 69.9 Å². The summed E-state index contributed by atoms with van der Waals surface area (Å²) in [6.07, 6.45) is 0. The zero-order valence-electron chi connectivity index (χ0n) is 16.1. The number of carbonyl (C=O) groups is 1. The van der Waals surface area contributed by atoms with E-state index in [2.05, 4.69) is 26.7 Å². The summed E-state index contributed by atoms with van der Waals surface area (Å²) in [6.45, 7) is 5.98. The first-order valence-corrected chi connectivity index (χ1v) is 9.08. The summed E-state index contributed by atoms with van der Waals surface area (Å²) < 4.78 is 4.75. The van der Waals surface area contributed by atoms with Crippen LogP contribution in [-0.2, 0) is 4.74 Å². The number of nitrogens with zero attached hydrogens (tertiary/aromatic N) is 2. The standard InChI is InChI=1S/C21H21ClN4O2/c1-12-7-13(2)9-16(8-12)24-19-10-14(3)23-21(26-19)25-18-11-15(20(27)28-4)5-6-17(18)22/h5-11H,1-4H3,(H2,23,24,25,26). The molecule has 0 bridgehead atoms. The van der Waals surface area contributed by atoms with Gasteiger partial charge in [-0.1, -0.05) is 17.7 Å². The number of anilines is 4. The molecule has 1 aromatic heterocycles. The van der Waals surface area contributed by atoms with Crippen molar-refractivity contribution in [2.45, 2.75) is 20.8 Å². The maximum absolute atomic E-state index is 11.8. The van der Waals surface area contributed by atoms with Crippen molar-refractivity contribution in [3.63, 3.8) is 0 Å². The van der Waals surface area contributed by atoms with Crippen molar-refractivity contribution in [2.24, 2.45) is 0 Å². The monoisotopic (exact) mass is 396 g/mol. The summed E-state index contributed by atoms with van der Waals surface area (Å²) in [5, 5.41) is 6.83. The smallest absolute Gasteiger partial charge is 0.337 e. The Hall–Kier alpha value is -3.12. The van der Waals surface area contributed by atoms with Crippen molar-refractivity contribution in [3.8, 4) is 0 Å². The number of esters is 1. The molecule has 7 heteroatoms. The zero-order valence-corrected chi connectivity index (χ0v) is 16.9. The molecule has 0 atom stereocenters. The van der Waals surface area contributed by atoms with Crippen LogP contribution in [0.1, 0.15) is 27.2 Å². The van der Waals surface area contributed by atoms with Gasteiger partial charge in [0.05, 0.1) is 23.4 Å². The molecule has 3 rings (SSSR count). The highest BCUT2D eigenvalue weighted by Crippen LogP contribution is 2.27. The Labute approximate surface area is 168 Å². The molecule has 0 aliphatic rings. The molecule has 2 aromatic carbocycles. The molecule has 0 unspecified atom stereocenters. The number of rotatable bonds is 5. The fraction of sp³-hybridized carbons (Fsp3) is 0.190. The minimum Gasteiger partial charge on any atom is -0.465 e. The number of nitrogens with one attached hydrogen (secondary N) is 2. The fourth-order valence-electron chi connectivity index (χ4n) is 2.87. The SMILES string of the molecule is COC(=O)c1ccc(Cl)c(Nc2nc(C)cc(Nc3cc(C)cc(C)c3)n2)c1. The average molecular weight is 397 g/mol. The summed E-state index contributed by atoms with van der Waals surface area (Å²) in [6, 6.07) is 12.9. The maximum Gasteiger partial charge on any atom is 0.337 e. The van der Waals surface area contributed by atoms with Crippen molar-refractivity contribution < 1.29 is 9.53 Å². The quantitative estimate of drug-likeness (QED) is 0.568. The lowest BCUT2D eigenvalue weighted by molar-refractivity contribution is 0.0601. The molecule has 6 nitrogen and oxygen atoms in total. The van der Waals surface area contributed by atoms with Crippen LogP contribution in [-0.4, -0.2) is 23.0 Å². The number of aryl methyl sites for hydroxylation is 3. The van der Waals surface area contributed by atoms with Crippen LogP contribution in [0.4, 0.5) is 23.1 Å². The lowest BCUT2D eigenvalue weighted by Crippen LogP contribution is -2.05. The largest absolute Gasteiger partial charge is 0.465 e. The maximum atomic E-state index is 11.8. The van der Waals surface area contributed by atoms with Gasteiger partial charge in [0.25, 0.3) is 0 Å². The highest BCUT2D eigenvalue weighted by molar-refractivity contribution is 6.33. The summed E-state index contributed by atoms with van der Waals surface area (Å²) in [5.74, 6) is 0.582. The minimum atomic E-state index is -0.443. The molecular formula is C21H21ClN4O2. The predicted octanol–water partition coefficient (Wildman–Crippen LogP) is 5.33. The Morgan fingerprint density at radius 2 is 1.68 bits per heavy atom. The molecule has 0 aliphatic carbocycles. The number of ether oxygens (including phenoxy) is 1. The van der Waals surface area contributed by atoms with E-state index >= 15 is 0 Å². The Morgan fingerprint density at radius 3 is 2.36 bits per heavy atom. The first-order chi connectivity index (χ1) is 13.3. The summed E-state index contributed by atoms with van der Waals surface area (Å²) >= 11 is 6.25. The van der Waals surface area contributed by atoms with Crippen LogP contribution in [0.5, 0.6) is 0 Å². The van der Waals surface area contributed by atoms with E-state index in [4.69, 9.17) is 16.3 Å². The molecule has 144 valence electrons. The molecule has 0 aliphatic heterocycles. The topological polar surface area (TPSA) is 76.1 Å². The van der Waals surface area contributed by atoms with Gasteiger partial charge in [-0.25, -0.2) is 9.78 Å². The molecule has 0 saturated carbocycles. The molecule has 0 amide bonds. The highest BCUT2D eigenvalue weighted by Gasteiger charge is 2.11. The molecule has 2 N–H and O–H groups in total. The molecule has 28 heavy (non-hydrogen) atoms. The molecule has 1 heterocycles. The first-order valence-electron chi connectivity index (χ1n) is 8.70. The number of hydrogen-bond donors (Lipinski definition) is 2. The number of carbonyl (C=O) groups excluding carboxylic acids is 1. The Balaban J connectivity index is 1.89. The van der Waals surface area contributed by atoms with Crippen LogP contribution in [0.15, 0.2) is 42.5 Å². The van der Waals surface area contributed by atoms with E-state index < -0.39 is 5.97 Å². The van der Waals surface area contributed by atoms with E-state index in [-0.39, 0.29) is 0 Å². The fourth-order valence-corrected chi connectivity index (χ4v) is 3.03. The van der Waals surface area contributed by atoms with E-state index in [1.807, 2.05) is 39.0 Å². The second-order valence-electron chi connectivity index (χ2n) is 6.53. The highest BCUT2D eigenvalue weighted by atomic mass is 35.5. The van der Waals surface area contributed by atoms with Gasteiger partial charge in [-0.3, -0.25) is 0 Å². The Morgan fingerprint density at radius 1 is 0.964 bits per heavy atom. The Kier molecular flexibility index (Phi) is 5.80. The van der Waals surface area contributed by atoms with Crippen LogP contribution in [0, 0.1) is 20.8 Å². The number of hydrogen-bond acceptors (Lipinski definition) is 6. The van der Waals surface area contributed by atoms with Crippen LogP contribution in [0.25, 0.3) is 0 Å². The van der Waals surface area contributed by atoms with Gasteiger partial charge in [-0.05, 0) is 62.2 Å². The van der Waals surface area contributed by atoms with E-state index in [1.165, 1.54) is 7.11 Å². The van der Waals surface area contributed by atoms with E-state index in [9.17, 15) is 4.79 Å². The average Bonchev–Trinajstić information content (AvgIpc) is 2.61. The first kappa shape index (κ1) is 19.6. The van der Waals surface area contributed by atoms with Crippen LogP contribution in [0.2, 0.25) is 5.02 Å². The normalized spacial score (nSPS) is 10.5. The van der Waals surface area contributed by atoms with E-state index in [0.29, 0.717) is 28.0 Å². The lowest BCUT2D eigenvalue weighted by atomic mass is 10.1. The van der Waals surface area contributed by atoms with Crippen LogP contribution in [0.3, 0.4) is 0 Å². The third-order valence-electron chi connectivity index (χ3n) is 3.98. The van der Waals surface area contributed by atoms with Crippen molar-refractivity contribution in [1.82, 2.24) is 9.97 Å². The summed E-state index contributed by atoms with van der Waals surface area (Å²) in [7, 11) is 1.33. The molecular weight excluding hydrogens is 376 g/mol. The summed E-state index contributed by atoms with van der Waals surface area (Å²) in [4.78, 5) is 20.7. The molecule has 3 aromatic rings. The van der Waals surface area contributed by atoms with Gasteiger partial charge >= 0.3 is 5.97 Å². The van der Waals surface area contributed by atoms with Gasteiger partial charge in [-0.2, -0.15) is 4.98 Å². The minimum absolute atomic E-state index is 0.371. The number of aromatic nitrogens is 2. The van der Waals surface area contributed by atoms with Crippen molar-refractivity contribution in [2.75, 3.05) is 17.7 Å². The van der Waals surface area contributed by atoms with Crippen molar-refractivity contribution in [1.29, 1.82) is 0 Å². The zero-order chi connectivity index (χ0) is 20.3. The lowest BCUT2D eigenvalue weighted by Gasteiger charge is -2.12. The van der Waals surface area contributed by atoms with E-state index in [0.717, 1.165) is 22.5 Å². The van der Waals surface area contributed by atoms with Crippen molar-refractivity contribution >= 4 is 40.7 Å². The molecule has 0 radical (unpaired) electrons. The van der Waals surface area contributed by atoms with Gasteiger partial charge in [0.15, 0.2) is 0 Å². The molecule has 0 saturated heterocycles. The number of halogens is 1. The second-order valence-corrected chi connectivity index (χ2v) is 6.94. The van der Waals surface area contributed by atoms with Crippen LogP contribution < -0.4 is 10.6 Å². The van der Waals surface area contributed by atoms with Gasteiger partial charge < -0.3 is 15.4 Å². The van der Waals surface area contributed by atoms with E-state index in [1.54, 1.807) is 18.2 Å². The van der Waals surface area contributed by atoms with Gasteiger partial charge in [0.1, 0.15) is 5.82 Å². The molecule has 0 fully saturated rings. The van der Waals surface area contributed by atoms with Gasteiger partial charge in [0, 0.05) is 17.4 Å². The third kappa shape index (κ3) is 4.78. The second kappa shape index (κ2) is 8.27. The third-order valence-corrected chi connectivity index (χ3v) is 4.31. The Bertz CT molecular complexity index is 1020. The number of methoxy groups -OCH3 is 1. The van der Waals surface area contributed by atoms with Gasteiger partial charge in [0.2, 0.25) is 5.95 Å². The predicted molar refractivity (Wildman–Crippen MR) is 112 cm³/mol. The number of benzene rings is 2. The molecule has 0 spiro atoms. The van der Waals surface area contributed by atoms with Gasteiger partial charge in [-0.15, -0.1) is 0 Å².